The molecule has 1 unspecified atom stereocenters. The van der Waals surface area contributed by atoms with E-state index in [0.29, 0.717) is 36.8 Å². The zero-order valence-electron chi connectivity index (χ0n) is 31.1. The molecule has 3 aliphatic heterocycles. The number of aromatic nitrogens is 5. The lowest BCUT2D eigenvalue weighted by Gasteiger charge is -2.30. The van der Waals surface area contributed by atoms with Gasteiger partial charge in [0.25, 0.3) is 0 Å². The molecule has 3 aliphatic rings. The first-order valence-electron chi connectivity index (χ1n) is 18.8. The topological polar surface area (TPSA) is 155 Å². The molecule has 6 aromatic rings. The van der Waals surface area contributed by atoms with Crippen molar-refractivity contribution in [3.63, 3.8) is 0 Å². The third-order valence-electron chi connectivity index (χ3n) is 11.0. The van der Waals surface area contributed by atoms with Gasteiger partial charge in [0.1, 0.15) is 35.4 Å². The Kier molecular flexibility index (Phi) is 8.71. The molecule has 0 aliphatic carbocycles. The van der Waals surface area contributed by atoms with Crippen LogP contribution < -0.4 is 15.4 Å². The van der Waals surface area contributed by atoms with Gasteiger partial charge in [-0.15, -0.1) is 0 Å². The number of amides is 2. The fourth-order valence-electron chi connectivity index (χ4n) is 8.21. The number of ether oxygens (including phenoxy) is 2. The summed E-state index contributed by atoms with van der Waals surface area (Å²) in [6.07, 6.45) is 3.53. The molecule has 5 atom stereocenters. The van der Waals surface area contributed by atoms with Crippen molar-refractivity contribution in [3.05, 3.63) is 90.2 Å². The number of methoxy groups -OCH3 is 1. The first-order valence-corrected chi connectivity index (χ1v) is 18.8. The zero-order chi connectivity index (χ0) is 38.0. The Morgan fingerprint density at radius 2 is 1.76 bits per heavy atom. The Morgan fingerprint density at radius 3 is 2.49 bits per heavy atom. The van der Waals surface area contributed by atoms with Gasteiger partial charge in [0.15, 0.2) is 5.76 Å². The second kappa shape index (κ2) is 13.8. The molecule has 13 nitrogen and oxygen atoms in total. The molecule has 2 saturated heterocycles. The number of aromatic amines is 2. The number of likely N-dealkylation sites (tertiary alicyclic amines) is 1. The second-order valence-corrected chi connectivity index (χ2v) is 15.0. The Balaban J connectivity index is 1.03. The summed E-state index contributed by atoms with van der Waals surface area (Å²) in [5.74, 6) is 3.32. The number of furan rings is 1. The van der Waals surface area contributed by atoms with Gasteiger partial charge in [-0.05, 0) is 68.1 Å². The summed E-state index contributed by atoms with van der Waals surface area (Å²) < 4.78 is 33.8. The van der Waals surface area contributed by atoms with Crippen LogP contribution in [0.1, 0.15) is 74.6 Å². The Labute approximate surface area is 316 Å². The third-order valence-corrected chi connectivity index (χ3v) is 11.0. The SMILES string of the molecule is COC(=O)N[C@H](C(=O)N1CCC[C@H]1c1ncc(-c2ccc3c(c2)OC(c2ccc(C)o2)n2c-3cc3cc(-c4cnc([C@@H]5C[C@@H](F)CN5)[nH]4)ccc32)[nH]1)C(C)C. The standard InChI is InChI=1S/C41H43FN8O5/c1-21(2)36(48-41(52)53-4)39(51)49-13-5-6-32(49)38-45-20-30(47-38)24-8-10-27-33-15-25-14-23(29-19-44-37(46-29)28-17-26(42)18-43-28)9-11-31(25)50(33)40(55-35(27)16-24)34-12-7-22(3)54-34/h7-12,14-16,19-21,26,28,32,36,40,43H,5-6,13,17-18H2,1-4H3,(H,44,46)(H,45,47)(H,48,52)/t26-,28+,32+,36+,40?/m1/s1. The van der Waals surface area contributed by atoms with Gasteiger partial charge in [-0.2, -0.15) is 0 Å². The van der Waals surface area contributed by atoms with Gasteiger partial charge < -0.3 is 39.4 Å². The van der Waals surface area contributed by atoms with Crippen LogP contribution in [0, 0.1) is 12.8 Å². The largest absolute Gasteiger partial charge is 0.462 e. The second-order valence-electron chi connectivity index (χ2n) is 15.0. The van der Waals surface area contributed by atoms with Gasteiger partial charge in [0.2, 0.25) is 12.1 Å². The quantitative estimate of drug-likeness (QED) is 0.126. The van der Waals surface area contributed by atoms with Crippen LogP contribution in [0.3, 0.4) is 0 Å². The molecular weight excluding hydrogens is 704 g/mol. The minimum absolute atomic E-state index is 0.124. The molecule has 0 saturated carbocycles. The number of alkyl carbamates (subject to hydrolysis) is 1. The number of nitrogens with one attached hydrogen (secondary N) is 4. The lowest BCUT2D eigenvalue weighted by molar-refractivity contribution is -0.135. The fraction of sp³-hybridized carbons (Fsp3) is 0.366. The van der Waals surface area contributed by atoms with Crippen molar-refractivity contribution < 1.29 is 27.9 Å². The Morgan fingerprint density at radius 1 is 1.00 bits per heavy atom. The number of aryl methyl sites for hydroxylation is 1. The number of carbonyl (C=O) groups is 2. The maximum Gasteiger partial charge on any atom is 0.407 e. The van der Waals surface area contributed by atoms with Crippen molar-refractivity contribution in [2.75, 3.05) is 20.2 Å². The summed E-state index contributed by atoms with van der Waals surface area (Å²) in [6, 6.07) is 17.4. The highest BCUT2D eigenvalue weighted by molar-refractivity contribution is 5.92. The van der Waals surface area contributed by atoms with E-state index in [2.05, 4.69) is 60.5 Å². The molecule has 2 fully saturated rings. The van der Waals surface area contributed by atoms with Crippen molar-refractivity contribution in [1.29, 1.82) is 0 Å². The van der Waals surface area contributed by atoms with Gasteiger partial charge in [-0.25, -0.2) is 19.2 Å². The molecule has 2 aromatic carbocycles. The van der Waals surface area contributed by atoms with E-state index in [1.54, 1.807) is 11.1 Å². The molecular formula is C41H43FN8O5. The average molecular weight is 747 g/mol. The number of imidazole rings is 2. The minimum atomic E-state index is -0.867. The number of hydrogen-bond acceptors (Lipinski definition) is 8. The van der Waals surface area contributed by atoms with Crippen molar-refractivity contribution in [1.82, 2.24) is 40.0 Å². The normalized spacial score (nSPS) is 21.1. The highest BCUT2D eigenvalue weighted by atomic mass is 19.1. The number of rotatable bonds is 8. The molecule has 0 spiro atoms. The number of fused-ring (bicyclic) bond motifs is 5. The maximum absolute atomic E-state index is 13.9. The predicted octanol–water partition coefficient (Wildman–Crippen LogP) is 7.35. The Hall–Kier alpha value is -5.89. The molecule has 14 heteroatoms. The molecule has 284 valence electrons. The van der Waals surface area contributed by atoms with Crippen molar-refractivity contribution in [3.8, 4) is 39.5 Å². The molecule has 9 rings (SSSR count). The lowest BCUT2D eigenvalue weighted by atomic mass is 10.0. The smallest absolute Gasteiger partial charge is 0.407 e. The van der Waals surface area contributed by atoms with Crippen LogP contribution in [0.2, 0.25) is 0 Å². The molecule has 2 amide bonds. The van der Waals surface area contributed by atoms with Crippen molar-refractivity contribution >= 4 is 22.9 Å². The van der Waals surface area contributed by atoms with Gasteiger partial charge in [-0.1, -0.05) is 26.0 Å². The van der Waals surface area contributed by atoms with E-state index >= 15 is 0 Å². The molecule has 7 heterocycles. The number of H-pyrrole nitrogens is 2. The van der Waals surface area contributed by atoms with E-state index in [9.17, 15) is 14.0 Å². The van der Waals surface area contributed by atoms with Gasteiger partial charge in [-0.3, -0.25) is 9.36 Å². The number of benzene rings is 2. The highest BCUT2D eigenvalue weighted by Gasteiger charge is 2.38. The summed E-state index contributed by atoms with van der Waals surface area (Å²) in [7, 11) is 1.29. The van der Waals surface area contributed by atoms with E-state index in [-0.39, 0.29) is 23.9 Å². The Bertz CT molecular complexity index is 2410. The first kappa shape index (κ1) is 34.9. The third kappa shape index (κ3) is 6.23. The van der Waals surface area contributed by atoms with E-state index in [1.165, 1.54) is 7.11 Å². The number of hydrogen-bond donors (Lipinski definition) is 4. The van der Waals surface area contributed by atoms with E-state index in [0.717, 1.165) is 69.1 Å². The molecule has 0 radical (unpaired) electrons. The summed E-state index contributed by atoms with van der Waals surface area (Å²) >= 11 is 0. The number of nitrogens with zero attached hydrogens (tertiary/aromatic N) is 4. The molecule has 0 bridgehead atoms. The average Bonchev–Trinajstić information content (AvgIpc) is 4.03. The molecule has 55 heavy (non-hydrogen) atoms. The summed E-state index contributed by atoms with van der Waals surface area (Å²) in [5, 5.41) is 6.93. The van der Waals surface area contributed by atoms with E-state index < -0.39 is 24.5 Å². The van der Waals surface area contributed by atoms with Gasteiger partial charge in [0, 0.05) is 41.6 Å². The van der Waals surface area contributed by atoms with Gasteiger partial charge >= 0.3 is 6.09 Å². The summed E-state index contributed by atoms with van der Waals surface area (Å²) in [5.41, 5.74) is 6.42. The van der Waals surface area contributed by atoms with E-state index in [4.69, 9.17) is 18.9 Å². The fourth-order valence-corrected chi connectivity index (χ4v) is 8.21. The van der Waals surface area contributed by atoms with Crippen molar-refractivity contribution in [2.24, 2.45) is 5.92 Å². The predicted molar refractivity (Wildman–Crippen MR) is 203 cm³/mol. The maximum atomic E-state index is 13.9. The minimum Gasteiger partial charge on any atom is -0.462 e. The van der Waals surface area contributed by atoms with Crippen LogP contribution in [0.5, 0.6) is 5.75 Å². The van der Waals surface area contributed by atoms with Crippen molar-refractivity contribution in [2.45, 2.75) is 70.6 Å². The van der Waals surface area contributed by atoms with Crippen LogP contribution in [0.15, 0.2) is 71.4 Å². The van der Waals surface area contributed by atoms with Crippen LogP contribution >= 0.6 is 0 Å². The van der Waals surface area contributed by atoms with E-state index in [1.807, 2.05) is 51.2 Å². The van der Waals surface area contributed by atoms with Crippen LogP contribution in [-0.4, -0.2) is 73.8 Å². The molecule has 4 N–H and O–H groups in total. The first-order chi connectivity index (χ1) is 26.6. The number of alkyl halides is 1. The lowest BCUT2D eigenvalue weighted by Crippen LogP contribution is -2.51. The number of halogens is 1. The van der Waals surface area contributed by atoms with Crippen LogP contribution in [0.4, 0.5) is 9.18 Å². The number of carbonyl (C=O) groups excluding carboxylic acids is 2. The highest BCUT2D eigenvalue weighted by Crippen LogP contribution is 2.46. The molecule has 4 aromatic heterocycles. The van der Waals surface area contributed by atoms with Crippen LogP contribution in [0.25, 0.3) is 44.7 Å². The monoisotopic (exact) mass is 746 g/mol. The summed E-state index contributed by atoms with van der Waals surface area (Å²) in [6.45, 7) is 6.63. The summed E-state index contributed by atoms with van der Waals surface area (Å²) in [4.78, 5) is 43.7. The zero-order valence-corrected chi connectivity index (χ0v) is 31.1. The van der Waals surface area contributed by atoms with Gasteiger partial charge in [0.05, 0.1) is 54.2 Å². The van der Waals surface area contributed by atoms with Crippen LogP contribution in [-0.2, 0) is 9.53 Å².